The molecule has 6 nitrogen and oxygen atoms in total. The molecule has 1 saturated heterocycles. The zero-order chi connectivity index (χ0) is 16.8. The molecule has 1 aromatic carbocycles. The Morgan fingerprint density at radius 3 is 2.61 bits per heavy atom. The predicted molar refractivity (Wildman–Crippen MR) is 84.1 cm³/mol. The third-order valence-electron chi connectivity index (χ3n) is 3.76. The fraction of sp³-hybridized carbons (Fsp3) is 0.267. The fourth-order valence-corrected chi connectivity index (χ4v) is 2.79. The van der Waals surface area contributed by atoms with E-state index in [0.29, 0.717) is 27.1 Å². The van der Waals surface area contributed by atoms with Gasteiger partial charge in [0, 0.05) is 6.07 Å². The van der Waals surface area contributed by atoms with E-state index in [0.717, 1.165) is 4.90 Å². The number of aryl methyl sites for hydroxylation is 1. The van der Waals surface area contributed by atoms with Crippen molar-refractivity contribution in [2.75, 3.05) is 0 Å². The van der Waals surface area contributed by atoms with Gasteiger partial charge in [0.1, 0.15) is 5.54 Å². The van der Waals surface area contributed by atoms with Crippen molar-refractivity contribution in [3.63, 3.8) is 0 Å². The van der Waals surface area contributed by atoms with Crippen LogP contribution in [0, 0.1) is 6.92 Å². The van der Waals surface area contributed by atoms with Gasteiger partial charge in [-0.2, -0.15) is 0 Å². The molecular weight excluding hydrogens is 341 g/mol. The van der Waals surface area contributed by atoms with Gasteiger partial charge in [-0.05, 0) is 31.5 Å². The lowest BCUT2D eigenvalue weighted by molar-refractivity contribution is -0.131. The molecule has 2 heterocycles. The number of nitrogens with one attached hydrogen (secondary N) is 1. The van der Waals surface area contributed by atoms with Crippen molar-refractivity contribution in [2.45, 2.75) is 25.9 Å². The summed E-state index contributed by atoms with van der Waals surface area (Å²) in [5.41, 5.74) is 0.0289. The van der Waals surface area contributed by atoms with Gasteiger partial charge in [-0.15, -0.1) is 0 Å². The minimum atomic E-state index is -1.21. The Balaban J connectivity index is 1.91. The Morgan fingerprint density at radius 1 is 1.26 bits per heavy atom. The Kier molecular flexibility index (Phi) is 3.82. The summed E-state index contributed by atoms with van der Waals surface area (Å²) in [6.07, 6.45) is 0. The minimum absolute atomic E-state index is 0.0163. The van der Waals surface area contributed by atoms with Gasteiger partial charge in [0.2, 0.25) is 0 Å². The molecule has 1 fully saturated rings. The summed E-state index contributed by atoms with van der Waals surface area (Å²) in [6.45, 7) is 3.40. The van der Waals surface area contributed by atoms with E-state index >= 15 is 0 Å². The quantitative estimate of drug-likeness (QED) is 0.859. The molecule has 8 heteroatoms. The first kappa shape index (κ1) is 15.8. The number of amides is 3. The van der Waals surface area contributed by atoms with Crippen molar-refractivity contribution in [1.82, 2.24) is 15.4 Å². The number of hydrogen-bond acceptors (Lipinski definition) is 4. The zero-order valence-corrected chi connectivity index (χ0v) is 13.9. The highest BCUT2D eigenvalue weighted by molar-refractivity contribution is 6.42. The summed E-state index contributed by atoms with van der Waals surface area (Å²) in [5, 5.41) is 7.14. The second kappa shape index (κ2) is 5.54. The number of carbonyl (C=O) groups excluding carboxylic acids is 2. The second-order valence-corrected chi connectivity index (χ2v) is 6.32. The zero-order valence-electron chi connectivity index (χ0n) is 12.4. The highest BCUT2D eigenvalue weighted by atomic mass is 35.5. The number of halogens is 2. The summed E-state index contributed by atoms with van der Waals surface area (Å²) in [5.74, 6) is 0.0410. The third-order valence-corrected chi connectivity index (χ3v) is 4.50. The molecule has 2 aromatic rings. The van der Waals surface area contributed by atoms with Crippen molar-refractivity contribution in [3.8, 4) is 0 Å². The topological polar surface area (TPSA) is 75.4 Å². The van der Waals surface area contributed by atoms with Crippen LogP contribution in [0.4, 0.5) is 4.79 Å². The van der Waals surface area contributed by atoms with Gasteiger partial charge in [-0.25, -0.2) is 4.79 Å². The van der Waals surface area contributed by atoms with Crippen LogP contribution >= 0.6 is 23.2 Å². The largest absolute Gasteiger partial charge is 0.359 e. The molecule has 1 aliphatic rings. The van der Waals surface area contributed by atoms with E-state index < -0.39 is 17.5 Å². The minimum Gasteiger partial charge on any atom is -0.359 e. The number of benzene rings is 1. The van der Waals surface area contributed by atoms with E-state index in [1.54, 1.807) is 38.1 Å². The van der Waals surface area contributed by atoms with Crippen LogP contribution in [0.25, 0.3) is 0 Å². The normalized spacial score (nSPS) is 21.0. The average molecular weight is 354 g/mol. The van der Waals surface area contributed by atoms with Crippen molar-refractivity contribution in [1.29, 1.82) is 0 Å². The number of aromatic nitrogens is 1. The molecule has 1 atom stereocenters. The van der Waals surface area contributed by atoms with Gasteiger partial charge in [0.15, 0.2) is 5.76 Å². The van der Waals surface area contributed by atoms with Crippen molar-refractivity contribution < 1.29 is 14.1 Å². The molecule has 1 aromatic heterocycles. The van der Waals surface area contributed by atoms with Gasteiger partial charge in [0.05, 0.1) is 22.3 Å². The molecular formula is C15H13Cl2N3O3. The van der Waals surface area contributed by atoms with E-state index in [9.17, 15) is 9.59 Å². The molecule has 0 saturated carbocycles. The lowest BCUT2D eigenvalue weighted by Crippen LogP contribution is -2.40. The van der Waals surface area contributed by atoms with Gasteiger partial charge < -0.3 is 9.84 Å². The smallest absolute Gasteiger partial charge is 0.325 e. The third kappa shape index (κ3) is 2.68. The van der Waals surface area contributed by atoms with Crippen LogP contribution in [0.2, 0.25) is 10.0 Å². The summed E-state index contributed by atoms with van der Waals surface area (Å²) in [4.78, 5) is 26.0. The number of hydrogen-bond donors (Lipinski definition) is 1. The standard InChI is InChI=1S/C15H13Cl2N3O3/c1-8-5-10(23-19-8)7-20-13(21)15(2,18-14(20)22)9-3-4-11(16)12(17)6-9/h3-6H,7H2,1-2H3,(H,18,22). The summed E-state index contributed by atoms with van der Waals surface area (Å²) < 4.78 is 5.07. The maximum Gasteiger partial charge on any atom is 0.325 e. The Morgan fingerprint density at radius 2 is 2.00 bits per heavy atom. The molecule has 23 heavy (non-hydrogen) atoms. The van der Waals surface area contributed by atoms with Crippen LogP contribution in [0.1, 0.15) is 23.9 Å². The van der Waals surface area contributed by atoms with E-state index in [-0.39, 0.29) is 6.54 Å². The summed E-state index contributed by atoms with van der Waals surface area (Å²) >= 11 is 11.9. The number of carbonyl (C=O) groups is 2. The maximum absolute atomic E-state index is 12.7. The van der Waals surface area contributed by atoms with Crippen molar-refractivity contribution in [3.05, 3.63) is 51.3 Å². The monoisotopic (exact) mass is 353 g/mol. The van der Waals surface area contributed by atoms with Crippen LogP contribution in [0.3, 0.4) is 0 Å². The maximum atomic E-state index is 12.7. The molecule has 0 bridgehead atoms. The van der Waals surface area contributed by atoms with Crippen LogP contribution in [-0.2, 0) is 16.9 Å². The van der Waals surface area contributed by atoms with Crippen LogP contribution in [-0.4, -0.2) is 22.0 Å². The summed E-state index contributed by atoms with van der Waals surface area (Å²) in [6, 6.07) is 6.00. The average Bonchev–Trinajstić information content (AvgIpc) is 3.00. The lowest BCUT2D eigenvalue weighted by Gasteiger charge is -2.22. The van der Waals surface area contributed by atoms with E-state index in [1.165, 1.54) is 0 Å². The highest BCUT2D eigenvalue weighted by Gasteiger charge is 2.49. The Hall–Kier alpha value is -2.05. The van der Waals surface area contributed by atoms with Crippen LogP contribution in [0.5, 0.6) is 0 Å². The van der Waals surface area contributed by atoms with E-state index in [2.05, 4.69) is 10.5 Å². The van der Waals surface area contributed by atoms with Crippen LogP contribution in [0.15, 0.2) is 28.8 Å². The number of nitrogens with zero attached hydrogens (tertiary/aromatic N) is 2. The molecule has 0 radical (unpaired) electrons. The van der Waals surface area contributed by atoms with Gasteiger partial charge >= 0.3 is 6.03 Å². The van der Waals surface area contributed by atoms with Crippen LogP contribution < -0.4 is 5.32 Å². The molecule has 0 spiro atoms. The molecule has 120 valence electrons. The molecule has 1 unspecified atom stereocenters. The lowest BCUT2D eigenvalue weighted by atomic mass is 9.92. The predicted octanol–water partition coefficient (Wildman–Crippen LogP) is 3.26. The highest BCUT2D eigenvalue weighted by Crippen LogP contribution is 2.33. The van der Waals surface area contributed by atoms with Gasteiger partial charge in [-0.1, -0.05) is 34.4 Å². The van der Waals surface area contributed by atoms with Gasteiger partial charge in [-0.3, -0.25) is 9.69 Å². The molecule has 1 aliphatic heterocycles. The van der Waals surface area contributed by atoms with Crippen molar-refractivity contribution >= 4 is 35.1 Å². The molecule has 1 N–H and O–H groups in total. The first-order chi connectivity index (χ1) is 10.8. The fourth-order valence-electron chi connectivity index (χ4n) is 2.49. The number of urea groups is 1. The second-order valence-electron chi connectivity index (χ2n) is 5.51. The SMILES string of the molecule is Cc1cc(CN2C(=O)NC(C)(c3ccc(Cl)c(Cl)c3)C2=O)on1. The van der Waals surface area contributed by atoms with Gasteiger partial charge in [0.25, 0.3) is 5.91 Å². The van der Waals surface area contributed by atoms with Crippen molar-refractivity contribution in [2.24, 2.45) is 0 Å². The summed E-state index contributed by atoms with van der Waals surface area (Å²) in [7, 11) is 0. The Bertz CT molecular complexity index is 805. The number of rotatable bonds is 3. The van der Waals surface area contributed by atoms with E-state index in [4.69, 9.17) is 27.7 Å². The number of imide groups is 1. The first-order valence-electron chi connectivity index (χ1n) is 6.83. The van der Waals surface area contributed by atoms with E-state index in [1.807, 2.05) is 0 Å². The molecule has 0 aliphatic carbocycles. The molecule has 3 rings (SSSR count). The first-order valence-corrected chi connectivity index (χ1v) is 7.58. The Labute approximate surface area is 142 Å². The molecule has 3 amide bonds.